The Kier molecular flexibility index (Phi) is 5.69. The van der Waals surface area contributed by atoms with E-state index >= 15 is 0 Å². The number of carbonyl (C=O) groups is 1. The number of rotatable bonds is 4. The highest BCUT2D eigenvalue weighted by Gasteiger charge is 2.30. The first kappa shape index (κ1) is 17.8. The number of carbonyl (C=O) groups excluding carboxylic acids is 1. The van der Waals surface area contributed by atoms with Gasteiger partial charge in [-0.05, 0) is 44.2 Å². The molecule has 124 valence electrons. The molecule has 2 nitrogen and oxygen atoms in total. The molecule has 1 aromatic rings. The standard InChI is InChI=1S/C20H26ClNO/c1-14-8-7-13-20(3,4)17(14)12-11-15(2)22-19(23)16-9-5-6-10-18(16)21/h5-6,8-12,15,17H,7,13H2,1-4H3,(H,22,23)/b12-11+. The minimum atomic E-state index is -0.136. The second kappa shape index (κ2) is 7.35. The summed E-state index contributed by atoms with van der Waals surface area (Å²) < 4.78 is 0. The maximum absolute atomic E-state index is 12.3. The average Bonchev–Trinajstić information content (AvgIpc) is 2.46. The van der Waals surface area contributed by atoms with Crippen LogP contribution in [0.1, 0.15) is 50.9 Å². The van der Waals surface area contributed by atoms with Crippen LogP contribution in [0.4, 0.5) is 0 Å². The summed E-state index contributed by atoms with van der Waals surface area (Å²) in [6, 6.07) is 7.08. The number of benzene rings is 1. The molecular formula is C20H26ClNO. The van der Waals surface area contributed by atoms with Crippen molar-refractivity contribution in [3.63, 3.8) is 0 Å². The van der Waals surface area contributed by atoms with Gasteiger partial charge in [-0.3, -0.25) is 4.79 Å². The fraction of sp³-hybridized carbons (Fsp3) is 0.450. The summed E-state index contributed by atoms with van der Waals surface area (Å²) in [5.41, 5.74) is 2.20. The molecule has 0 fully saturated rings. The zero-order valence-electron chi connectivity index (χ0n) is 14.4. The fourth-order valence-electron chi connectivity index (χ4n) is 3.24. The maximum atomic E-state index is 12.3. The first-order chi connectivity index (χ1) is 10.8. The van der Waals surface area contributed by atoms with E-state index in [1.165, 1.54) is 12.0 Å². The molecular weight excluding hydrogens is 306 g/mol. The summed E-state index contributed by atoms with van der Waals surface area (Å²) in [4.78, 5) is 12.3. The Morgan fingerprint density at radius 3 is 2.74 bits per heavy atom. The van der Waals surface area contributed by atoms with Gasteiger partial charge in [0.2, 0.25) is 0 Å². The van der Waals surface area contributed by atoms with Gasteiger partial charge < -0.3 is 5.32 Å². The molecule has 1 aliphatic rings. The summed E-state index contributed by atoms with van der Waals surface area (Å²) in [7, 11) is 0. The average molecular weight is 332 g/mol. The lowest BCUT2D eigenvalue weighted by Crippen LogP contribution is -2.32. The van der Waals surface area contributed by atoms with Crippen LogP contribution < -0.4 is 5.32 Å². The largest absolute Gasteiger partial charge is 0.346 e. The first-order valence-corrected chi connectivity index (χ1v) is 8.59. The van der Waals surface area contributed by atoms with Gasteiger partial charge >= 0.3 is 0 Å². The lowest BCUT2D eigenvalue weighted by atomic mass is 9.68. The van der Waals surface area contributed by atoms with E-state index in [2.05, 4.69) is 44.3 Å². The van der Waals surface area contributed by atoms with Crippen molar-refractivity contribution in [2.24, 2.45) is 11.3 Å². The van der Waals surface area contributed by atoms with Crippen LogP contribution in [-0.2, 0) is 0 Å². The molecule has 0 bridgehead atoms. The van der Waals surface area contributed by atoms with Crippen molar-refractivity contribution in [1.82, 2.24) is 5.32 Å². The predicted octanol–water partition coefficient (Wildman–Crippen LogP) is 5.40. The molecule has 0 aromatic heterocycles. The van der Waals surface area contributed by atoms with Crippen molar-refractivity contribution >= 4 is 17.5 Å². The van der Waals surface area contributed by atoms with Crippen LogP contribution >= 0.6 is 11.6 Å². The lowest BCUT2D eigenvalue weighted by Gasteiger charge is -2.36. The van der Waals surface area contributed by atoms with Crippen LogP contribution in [0, 0.1) is 11.3 Å². The molecule has 2 unspecified atom stereocenters. The minimum Gasteiger partial charge on any atom is -0.346 e. The molecule has 2 rings (SSSR count). The third-order valence-corrected chi connectivity index (χ3v) is 4.99. The smallest absolute Gasteiger partial charge is 0.253 e. The van der Waals surface area contributed by atoms with Crippen molar-refractivity contribution in [1.29, 1.82) is 0 Å². The van der Waals surface area contributed by atoms with Crippen LogP contribution in [0.2, 0.25) is 5.02 Å². The minimum absolute atomic E-state index is 0.0377. The van der Waals surface area contributed by atoms with Crippen LogP contribution in [-0.4, -0.2) is 11.9 Å². The van der Waals surface area contributed by atoms with Crippen molar-refractivity contribution in [3.05, 3.63) is 58.7 Å². The van der Waals surface area contributed by atoms with Gasteiger partial charge in [-0.1, -0.05) is 61.4 Å². The third kappa shape index (κ3) is 4.48. The van der Waals surface area contributed by atoms with Crippen LogP contribution in [0.25, 0.3) is 0 Å². The van der Waals surface area contributed by atoms with Crippen molar-refractivity contribution in [2.75, 3.05) is 0 Å². The van der Waals surface area contributed by atoms with Gasteiger partial charge in [0.05, 0.1) is 10.6 Å². The molecule has 0 aliphatic heterocycles. The molecule has 1 aliphatic carbocycles. The second-order valence-corrected chi connectivity index (χ2v) is 7.49. The second-order valence-electron chi connectivity index (χ2n) is 7.08. The molecule has 0 saturated heterocycles. The highest BCUT2D eigenvalue weighted by Crippen LogP contribution is 2.41. The van der Waals surface area contributed by atoms with Gasteiger partial charge in [-0.25, -0.2) is 0 Å². The number of halogens is 1. The van der Waals surface area contributed by atoms with Crippen LogP contribution in [0.3, 0.4) is 0 Å². The Balaban J connectivity index is 2.03. The van der Waals surface area contributed by atoms with Gasteiger partial charge in [0.15, 0.2) is 0 Å². The van der Waals surface area contributed by atoms with Crippen molar-refractivity contribution in [2.45, 2.75) is 46.6 Å². The Hall–Kier alpha value is -1.54. The summed E-state index contributed by atoms with van der Waals surface area (Å²) in [5, 5.41) is 3.47. The molecule has 3 heteroatoms. The number of hydrogen-bond donors (Lipinski definition) is 1. The molecule has 0 heterocycles. The molecule has 1 N–H and O–H groups in total. The van der Waals surface area contributed by atoms with Crippen LogP contribution in [0.5, 0.6) is 0 Å². The quantitative estimate of drug-likeness (QED) is 0.735. The molecule has 1 amide bonds. The summed E-state index contributed by atoms with van der Waals surface area (Å²) in [6.45, 7) is 8.81. The van der Waals surface area contributed by atoms with E-state index in [1.807, 2.05) is 19.1 Å². The Morgan fingerprint density at radius 2 is 2.09 bits per heavy atom. The van der Waals surface area contributed by atoms with Crippen molar-refractivity contribution in [3.8, 4) is 0 Å². The molecule has 1 aromatic carbocycles. The van der Waals surface area contributed by atoms with Gasteiger partial charge in [0.1, 0.15) is 0 Å². The van der Waals surface area contributed by atoms with Gasteiger partial charge in [0, 0.05) is 12.0 Å². The Labute approximate surface area is 144 Å². The zero-order chi connectivity index (χ0) is 17.0. The SMILES string of the molecule is CC1=CCCC(C)(C)C1/C=C/C(C)NC(=O)c1ccccc1Cl. The van der Waals surface area contributed by atoms with Gasteiger partial charge in [-0.2, -0.15) is 0 Å². The molecule has 2 atom stereocenters. The predicted molar refractivity (Wildman–Crippen MR) is 97.8 cm³/mol. The third-order valence-electron chi connectivity index (χ3n) is 4.66. The van der Waals surface area contributed by atoms with E-state index in [0.717, 1.165) is 6.42 Å². The van der Waals surface area contributed by atoms with Crippen LogP contribution in [0.15, 0.2) is 48.1 Å². The molecule has 0 radical (unpaired) electrons. The zero-order valence-corrected chi connectivity index (χ0v) is 15.2. The van der Waals surface area contributed by atoms with E-state index in [1.54, 1.807) is 12.1 Å². The maximum Gasteiger partial charge on any atom is 0.253 e. The topological polar surface area (TPSA) is 29.1 Å². The Morgan fingerprint density at radius 1 is 1.39 bits per heavy atom. The summed E-state index contributed by atoms with van der Waals surface area (Å²) >= 11 is 6.07. The normalized spacial score (nSPS) is 21.8. The van der Waals surface area contributed by atoms with Gasteiger partial charge in [-0.15, -0.1) is 0 Å². The van der Waals surface area contributed by atoms with E-state index in [4.69, 9.17) is 11.6 Å². The van der Waals surface area contributed by atoms with E-state index in [-0.39, 0.29) is 17.4 Å². The summed E-state index contributed by atoms with van der Waals surface area (Å²) in [6.07, 6.45) is 9.00. The number of amides is 1. The highest BCUT2D eigenvalue weighted by molar-refractivity contribution is 6.33. The molecule has 23 heavy (non-hydrogen) atoms. The lowest BCUT2D eigenvalue weighted by molar-refractivity contribution is 0.0947. The summed E-state index contributed by atoms with van der Waals surface area (Å²) in [5.74, 6) is 0.291. The number of hydrogen-bond acceptors (Lipinski definition) is 1. The number of allylic oxidation sites excluding steroid dienone is 3. The monoisotopic (exact) mass is 331 g/mol. The molecule has 0 saturated carbocycles. The van der Waals surface area contributed by atoms with Crippen molar-refractivity contribution < 1.29 is 4.79 Å². The van der Waals surface area contributed by atoms with E-state index in [0.29, 0.717) is 16.5 Å². The highest BCUT2D eigenvalue weighted by atomic mass is 35.5. The first-order valence-electron chi connectivity index (χ1n) is 8.21. The Bertz CT molecular complexity index is 630. The van der Waals surface area contributed by atoms with E-state index in [9.17, 15) is 4.79 Å². The van der Waals surface area contributed by atoms with E-state index < -0.39 is 0 Å². The fourth-order valence-corrected chi connectivity index (χ4v) is 3.46. The van der Waals surface area contributed by atoms with Gasteiger partial charge in [0.25, 0.3) is 5.91 Å². The molecule has 0 spiro atoms. The number of nitrogens with one attached hydrogen (secondary N) is 1.